The summed E-state index contributed by atoms with van der Waals surface area (Å²) in [5.74, 6) is 0.826. The van der Waals surface area contributed by atoms with Gasteiger partial charge in [0.15, 0.2) is 11.3 Å². The molecule has 2 aromatic carbocycles. The Morgan fingerprint density at radius 1 is 1.09 bits per heavy atom. The number of tetrazole rings is 1. The monoisotopic (exact) mass is 429 g/mol. The van der Waals surface area contributed by atoms with Crippen molar-refractivity contribution in [1.29, 1.82) is 0 Å². The number of para-hydroxylation sites is 1. The molecular weight excluding hydrogens is 402 g/mol. The van der Waals surface area contributed by atoms with Crippen molar-refractivity contribution in [3.63, 3.8) is 0 Å². The van der Waals surface area contributed by atoms with E-state index in [0.717, 1.165) is 42.8 Å². The molecule has 0 aliphatic heterocycles. The molecule has 0 amide bonds. The normalized spacial score (nSPS) is 16.0. The third-order valence-electron chi connectivity index (χ3n) is 6.70. The van der Waals surface area contributed by atoms with Gasteiger partial charge in [0.25, 0.3) is 0 Å². The van der Waals surface area contributed by atoms with Crippen LogP contribution in [0.15, 0.2) is 64.0 Å². The maximum atomic E-state index is 13.2. The predicted octanol–water partition coefficient (Wildman–Crippen LogP) is 4.37. The lowest BCUT2D eigenvalue weighted by molar-refractivity contribution is 0.0540. The van der Waals surface area contributed by atoms with Crippen molar-refractivity contribution in [2.45, 2.75) is 51.1 Å². The Labute approximate surface area is 186 Å². The second kappa shape index (κ2) is 8.31. The SMILES string of the molecule is Cc1ccc2occ(CN(C)C3(c4nnnn4-c4ccccc4)CCCCC3)c(=O)c2c1. The zero-order valence-electron chi connectivity index (χ0n) is 18.5. The number of aryl methyl sites for hydroxylation is 1. The molecule has 5 rings (SSSR count). The smallest absolute Gasteiger partial charge is 0.197 e. The van der Waals surface area contributed by atoms with Crippen molar-refractivity contribution in [1.82, 2.24) is 25.1 Å². The molecule has 0 unspecified atom stereocenters. The lowest BCUT2D eigenvalue weighted by Crippen LogP contribution is -2.47. The Hall–Kier alpha value is -3.32. The van der Waals surface area contributed by atoms with E-state index in [9.17, 15) is 4.79 Å². The average Bonchev–Trinajstić information content (AvgIpc) is 3.33. The number of rotatable bonds is 5. The first-order chi connectivity index (χ1) is 15.6. The maximum absolute atomic E-state index is 13.2. The largest absolute Gasteiger partial charge is 0.464 e. The molecule has 0 saturated heterocycles. The summed E-state index contributed by atoms with van der Waals surface area (Å²) in [5.41, 5.74) is 2.91. The van der Waals surface area contributed by atoms with Crippen LogP contribution in [0.2, 0.25) is 0 Å². The van der Waals surface area contributed by atoms with Gasteiger partial charge in [-0.05, 0) is 61.5 Å². The predicted molar refractivity (Wildman–Crippen MR) is 123 cm³/mol. The third kappa shape index (κ3) is 3.52. The molecule has 0 radical (unpaired) electrons. The van der Waals surface area contributed by atoms with Crippen LogP contribution in [0.3, 0.4) is 0 Å². The fourth-order valence-electron chi connectivity index (χ4n) is 4.93. The van der Waals surface area contributed by atoms with Gasteiger partial charge in [0.2, 0.25) is 0 Å². The molecule has 0 N–H and O–H groups in total. The number of nitrogens with zero attached hydrogens (tertiary/aromatic N) is 5. The van der Waals surface area contributed by atoms with Crippen LogP contribution in [0.4, 0.5) is 0 Å². The van der Waals surface area contributed by atoms with E-state index in [-0.39, 0.29) is 11.0 Å². The van der Waals surface area contributed by atoms with Gasteiger partial charge in [0.05, 0.1) is 22.9 Å². The van der Waals surface area contributed by atoms with Gasteiger partial charge >= 0.3 is 0 Å². The van der Waals surface area contributed by atoms with E-state index < -0.39 is 0 Å². The van der Waals surface area contributed by atoms with Gasteiger partial charge in [0, 0.05) is 12.1 Å². The summed E-state index contributed by atoms with van der Waals surface area (Å²) in [4.78, 5) is 15.5. The molecule has 0 atom stereocenters. The molecule has 7 heteroatoms. The second-order valence-corrected chi connectivity index (χ2v) is 8.79. The summed E-state index contributed by atoms with van der Waals surface area (Å²) in [6.07, 6.45) is 6.87. The molecule has 7 nitrogen and oxygen atoms in total. The Morgan fingerprint density at radius 2 is 1.88 bits per heavy atom. The highest BCUT2D eigenvalue weighted by molar-refractivity contribution is 5.77. The summed E-state index contributed by atoms with van der Waals surface area (Å²) in [7, 11) is 2.06. The third-order valence-corrected chi connectivity index (χ3v) is 6.70. The van der Waals surface area contributed by atoms with Gasteiger partial charge < -0.3 is 4.42 Å². The van der Waals surface area contributed by atoms with Gasteiger partial charge in [-0.2, -0.15) is 4.68 Å². The molecule has 164 valence electrons. The molecule has 1 aliphatic carbocycles. The van der Waals surface area contributed by atoms with Crippen LogP contribution in [0.1, 0.15) is 49.1 Å². The quantitative estimate of drug-likeness (QED) is 0.469. The molecule has 0 spiro atoms. The molecule has 4 aromatic rings. The van der Waals surface area contributed by atoms with Gasteiger partial charge in [-0.25, -0.2) is 0 Å². The highest BCUT2D eigenvalue weighted by atomic mass is 16.3. The Bertz CT molecular complexity index is 1290. The first kappa shape index (κ1) is 20.6. The van der Waals surface area contributed by atoms with E-state index in [1.807, 2.05) is 60.1 Å². The zero-order valence-corrected chi connectivity index (χ0v) is 18.5. The molecule has 32 heavy (non-hydrogen) atoms. The van der Waals surface area contributed by atoms with E-state index in [4.69, 9.17) is 4.42 Å². The molecule has 2 aromatic heterocycles. The lowest BCUT2D eigenvalue weighted by Gasteiger charge is -2.43. The van der Waals surface area contributed by atoms with E-state index in [0.29, 0.717) is 23.1 Å². The van der Waals surface area contributed by atoms with Gasteiger partial charge in [0.1, 0.15) is 5.58 Å². The maximum Gasteiger partial charge on any atom is 0.197 e. The van der Waals surface area contributed by atoms with Crippen molar-refractivity contribution in [3.05, 3.63) is 82.0 Å². The van der Waals surface area contributed by atoms with E-state index in [2.05, 4.69) is 27.5 Å². The second-order valence-electron chi connectivity index (χ2n) is 8.79. The van der Waals surface area contributed by atoms with Gasteiger partial charge in [-0.3, -0.25) is 9.69 Å². The summed E-state index contributed by atoms with van der Waals surface area (Å²) < 4.78 is 7.65. The Kier molecular flexibility index (Phi) is 5.35. The van der Waals surface area contributed by atoms with Crippen LogP contribution < -0.4 is 5.43 Å². The van der Waals surface area contributed by atoms with Crippen molar-refractivity contribution in [2.24, 2.45) is 0 Å². The van der Waals surface area contributed by atoms with E-state index in [1.54, 1.807) is 6.26 Å². The number of aromatic nitrogens is 4. The van der Waals surface area contributed by atoms with Crippen LogP contribution in [0, 0.1) is 6.92 Å². The number of hydrogen-bond donors (Lipinski definition) is 0. The Balaban J connectivity index is 1.55. The molecule has 0 bridgehead atoms. The highest BCUT2D eigenvalue weighted by Crippen LogP contribution is 2.41. The summed E-state index contributed by atoms with van der Waals surface area (Å²) in [5, 5.41) is 13.5. The first-order valence-electron chi connectivity index (χ1n) is 11.1. The molecule has 1 fully saturated rings. The van der Waals surface area contributed by atoms with Crippen molar-refractivity contribution >= 4 is 11.0 Å². The van der Waals surface area contributed by atoms with Crippen LogP contribution in [0.25, 0.3) is 16.7 Å². The lowest BCUT2D eigenvalue weighted by atomic mass is 9.79. The number of fused-ring (bicyclic) bond motifs is 1. The van der Waals surface area contributed by atoms with Crippen molar-refractivity contribution < 1.29 is 4.42 Å². The van der Waals surface area contributed by atoms with Gasteiger partial charge in [-0.1, -0.05) is 49.1 Å². The molecule has 1 saturated carbocycles. The summed E-state index contributed by atoms with van der Waals surface area (Å²) in [6, 6.07) is 15.7. The fraction of sp³-hybridized carbons (Fsp3) is 0.360. The molecule has 2 heterocycles. The van der Waals surface area contributed by atoms with Crippen LogP contribution in [-0.4, -0.2) is 32.2 Å². The standard InChI is InChI=1S/C25H27N5O2/c1-18-11-12-22-21(15-18)23(31)19(17-32-22)16-29(2)25(13-7-4-8-14-25)24-26-27-28-30(24)20-9-5-3-6-10-20/h3,5-6,9-12,15,17H,4,7-8,13-14,16H2,1-2H3. The Morgan fingerprint density at radius 3 is 2.66 bits per heavy atom. The van der Waals surface area contributed by atoms with Crippen LogP contribution in [0.5, 0.6) is 0 Å². The van der Waals surface area contributed by atoms with Gasteiger partial charge in [-0.15, -0.1) is 5.10 Å². The molecule has 1 aliphatic rings. The highest BCUT2D eigenvalue weighted by Gasteiger charge is 2.43. The minimum absolute atomic E-state index is 0.0235. The first-order valence-corrected chi connectivity index (χ1v) is 11.1. The topological polar surface area (TPSA) is 77.1 Å². The van der Waals surface area contributed by atoms with Crippen LogP contribution in [-0.2, 0) is 12.1 Å². The van der Waals surface area contributed by atoms with Crippen LogP contribution >= 0.6 is 0 Å². The minimum Gasteiger partial charge on any atom is -0.464 e. The van der Waals surface area contributed by atoms with E-state index >= 15 is 0 Å². The average molecular weight is 430 g/mol. The zero-order chi connectivity index (χ0) is 22.1. The number of benzene rings is 2. The van der Waals surface area contributed by atoms with Crippen molar-refractivity contribution in [2.75, 3.05) is 7.05 Å². The van der Waals surface area contributed by atoms with Crippen molar-refractivity contribution in [3.8, 4) is 5.69 Å². The van der Waals surface area contributed by atoms with E-state index in [1.165, 1.54) is 6.42 Å². The number of hydrogen-bond acceptors (Lipinski definition) is 6. The molecular formula is C25H27N5O2. The minimum atomic E-state index is -0.356. The summed E-state index contributed by atoms with van der Waals surface area (Å²) >= 11 is 0. The summed E-state index contributed by atoms with van der Waals surface area (Å²) in [6.45, 7) is 2.45. The fourth-order valence-corrected chi connectivity index (χ4v) is 4.93.